The number of ketones is 1. The maximum Gasteiger partial charge on any atom is 0.335 e. The van der Waals surface area contributed by atoms with E-state index >= 15 is 0 Å². The third kappa shape index (κ3) is 5.90. The number of nitrogens with zero attached hydrogens (tertiary/aromatic N) is 2. The van der Waals surface area contributed by atoms with Gasteiger partial charge in [-0.2, -0.15) is 0 Å². The molecule has 11 heteroatoms. The maximum absolute atomic E-state index is 12.8. The fourth-order valence-electron chi connectivity index (χ4n) is 4.69. The van der Waals surface area contributed by atoms with Crippen LogP contribution in [0.1, 0.15) is 37.0 Å². The number of benzene rings is 1. The molecule has 4 unspecified atom stereocenters. The van der Waals surface area contributed by atoms with Crippen LogP contribution in [0.2, 0.25) is 5.02 Å². The predicted octanol–water partition coefficient (Wildman–Crippen LogP) is 1.90. The Morgan fingerprint density at radius 2 is 1.71 bits per heavy atom. The summed E-state index contributed by atoms with van der Waals surface area (Å²) in [5, 5.41) is 33.7. The zero-order chi connectivity index (χ0) is 26.0. The SMILES string of the molecule is CC(C)N1CC2C(CCC(=O)c3cc(Cl)c(N)c4cccnc34)C2C1.O=C(O)C(O)C(O)C(=O)O. The van der Waals surface area contributed by atoms with Gasteiger partial charge in [-0.1, -0.05) is 11.6 Å². The number of fused-ring (bicyclic) bond motifs is 2. The van der Waals surface area contributed by atoms with E-state index in [2.05, 4.69) is 23.7 Å². The molecule has 1 saturated carbocycles. The molecule has 0 bridgehead atoms. The number of aliphatic hydroxyl groups is 2. The number of nitrogen functional groups attached to an aromatic ring is 1. The van der Waals surface area contributed by atoms with Crippen LogP contribution in [0.15, 0.2) is 24.4 Å². The number of aliphatic carboxylic acids is 2. The van der Waals surface area contributed by atoms with Gasteiger partial charge in [-0.3, -0.25) is 9.78 Å². The first-order valence-corrected chi connectivity index (χ1v) is 11.7. The molecule has 2 fully saturated rings. The molecule has 35 heavy (non-hydrogen) atoms. The van der Waals surface area contributed by atoms with E-state index in [-0.39, 0.29) is 5.78 Å². The topological polar surface area (TPSA) is 174 Å². The van der Waals surface area contributed by atoms with Crippen molar-refractivity contribution in [2.45, 2.75) is 44.9 Å². The van der Waals surface area contributed by atoms with Gasteiger partial charge in [-0.05, 0) is 56.2 Å². The zero-order valence-electron chi connectivity index (χ0n) is 19.5. The highest BCUT2D eigenvalue weighted by atomic mass is 35.5. The molecule has 4 rings (SSSR count). The fraction of sp³-hybridized carbons (Fsp3) is 0.500. The molecular weight excluding hydrogens is 478 g/mol. The van der Waals surface area contributed by atoms with Crippen LogP contribution in [0.3, 0.4) is 0 Å². The molecule has 190 valence electrons. The van der Waals surface area contributed by atoms with Crippen molar-refractivity contribution in [2.75, 3.05) is 18.8 Å². The first kappa shape index (κ1) is 26.8. The van der Waals surface area contributed by atoms with Crippen molar-refractivity contribution in [1.29, 1.82) is 0 Å². The standard InChI is InChI=1S/C20H24ClN3O.C4H6O6/c1-11(2)24-9-15-12(16(15)10-24)5-6-18(25)14-8-17(21)19(22)13-4-3-7-23-20(13)14;5-1(3(7)8)2(6)4(9)10/h3-4,7-8,11-12,15-16H,5-6,9-10,22H2,1-2H3;1-2,5-6H,(H,7,8)(H,9,10). The molecule has 1 aliphatic carbocycles. The normalized spacial score (nSPS) is 22.7. The summed E-state index contributed by atoms with van der Waals surface area (Å²) in [5.41, 5.74) is 7.79. The summed E-state index contributed by atoms with van der Waals surface area (Å²) in [7, 11) is 0. The summed E-state index contributed by atoms with van der Waals surface area (Å²) >= 11 is 6.22. The molecule has 1 aliphatic heterocycles. The first-order valence-electron chi connectivity index (χ1n) is 11.4. The fourth-order valence-corrected chi connectivity index (χ4v) is 4.90. The number of carboxylic acids is 2. The molecule has 10 nitrogen and oxygen atoms in total. The molecule has 0 amide bonds. The van der Waals surface area contributed by atoms with E-state index in [1.54, 1.807) is 12.3 Å². The van der Waals surface area contributed by atoms with Crippen molar-refractivity contribution in [2.24, 2.45) is 17.8 Å². The van der Waals surface area contributed by atoms with Gasteiger partial charge in [-0.25, -0.2) is 9.59 Å². The predicted molar refractivity (Wildman–Crippen MR) is 129 cm³/mol. The Bertz CT molecular complexity index is 1100. The van der Waals surface area contributed by atoms with Crippen LogP contribution in [0.5, 0.6) is 0 Å². The van der Waals surface area contributed by atoms with E-state index in [0.29, 0.717) is 40.2 Å². The lowest BCUT2D eigenvalue weighted by atomic mass is 9.99. The van der Waals surface area contributed by atoms with Gasteiger partial charge in [0.25, 0.3) is 0 Å². The molecule has 2 heterocycles. The second-order valence-corrected chi connectivity index (χ2v) is 9.69. The molecule has 2 aromatic rings. The summed E-state index contributed by atoms with van der Waals surface area (Å²) in [6, 6.07) is 5.99. The number of anilines is 1. The summed E-state index contributed by atoms with van der Waals surface area (Å²) < 4.78 is 0. The summed E-state index contributed by atoms with van der Waals surface area (Å²) in [4.78, 5) is 39.3. The van der Waals surface area contributed by atoms with Gasteiger partial charge in [0.15, 0.2) is 18.0 Å². The third-order valence-corrected chi connectivity index (χ3v) is 7.13. The Labute approximate surface area is 207 Å². The Balaban J connectivity index is 0.000000292. The molecule has 1 aromatic heterocycles. The molecule has 1 saturated heterocycles. The number of rotatable bonds is 8. The molecular formula is C24H30ClN3O7. The van der Waals surface area contributed by atoms with Crippen molar-refractivity contribution in [3.05, 3.63) is 35.0 Å². The zero-order valence-corrected chi connectivity index (χ0v) is 20.2. The van der Waals surface area contributed by atoms with E-state index < -0.39 is 24.1 Å². The molecule has 0 radical (unpaired) electrons. The van der Waals surface area contributed by atoms with Gasteiger partial charge in [0, 0.05) is 42.7 Å². The van der Waals surface area contributed by atoms with Crippen LogP contribution in [-0.2, 0) is 9.59 Å². The van der Waals surface area contributed by atoms with Gasteiger partial charge >= 0.3 is 11.9 Å². The quantitative estimate of drug-likeness (QED) is 0.262. The number of hydrogen-bond acceptors (Lipinski definition) is 8. The minimum absolute atomic E-state index is 0.122. The number of aliphatic hydroxyl groups excluding tert-OH is 2. The van der Waals surface area contributed by atoms with E-state index in [4.69, 9.17) is 37.8 Å². The number of aromatic nitrogens is 1. The van der Waals surface area contributed by atoms with E-state index in [9.17, 15) is 14.4 Å². The number of nitrogens with two attached hydrogens (primary N) is 1. The van der Waals surface area contributed by atoms with Gasteiger partial charge in [0.1, 0.15) is 0 Å². The van der Waals surface area contributed by atoms with Gasteiger partial charge < -0.3 is 31.1 Å². The largest absolute Gasteiger partial charge is 0.479 e. The summed E-state index contributed by atoms with van der Waals surface area (Å²) in [6.45, 7) is 6.90. The second-order valence-electron chi connectivity index (χ2n) is 9.29. The average Bonchev–Trinajstić information content (AvgIpc) is 3.26. The number of likely N-dealkylation sites (tertiary alicyclic amines) is 1. The van der Waals surface area contributed by atoms with Crippen molar-refractivity contribution >= 4 is 45.9 Å². The number of Topliss-reactive ketones (excluding diaryl/α,β-unsaturated/α-hetero) is 1. The molecule has 4 atom stereocenters. The number of carboxylic acid groups (broad SMARTS) is 2. The Morgan fingerprint density at radius 3 is 2.23 bits per heavy atom. The van der Waals surface area contributed by atoms with Crippen LogP contribution in [0, 0.1) is 17.8 Å². The van der Waals surface area contributed by atoms with Gasteiger partial charge in [0.2, 0.25) is 0 Å². The minimum Gasteiger partial charge on any atom is -0.479 e. The van der Waals surface area contributed by atoms with Gasteiger partial charge in [-0.15, -0.1) is 0 Å². The third-order valence-electron chi connectivity index (χ3n) is 6.82. The number of carbonyl (C=O) groups excluding carboxylic acids is 1. The van der Waals surface area contributed by atoms with Crippen LogP contribution in [0.25, 0.3) is 10.9 Å². The average molecular weight is 508 g/mol. The molecule has 6 N–H and O–H groups in total. The van der Waals surface area contributed by atoms with Crippen molar-refractivity contribution < 1.29 is 34.8 Å². The number of piperidine rings is 1. The van der Waals surface area contributed by atoms with Crippen LogP contribution in [0.4, 0.5) is 5.69 Å². The van der Waals surface area contributed by atoms with E-state index in [1.165, 1.54) is 13.1 Å². The van der Waals surface area contributed by atoms with Crippen LogP contribution < -0.4 is 5.73 Å². The number of halogens is 1. The highest BCUT2D eigenvalue weighted by Gasteiger charge is 2.55. The first-order chi connectivity index (χ1) is 16.4. The molecule has 0 spiro atoms. The Kier molecular flexibility index (Phi) is 8.32. The molecule has 1 aromatic carbocycles. The van der Waals surface area contributed by atoms with E-state index in [1.807, 2.05) is 12.1 Å². The van der Waals surface area contributed by atoms with E-state index in [0.717, 1.165) is 23.6 Å². The summed E-state index contributed by atoms with van der Waals surface area (Å²) in [6.07, 6.45) is -1.31. The number of carbonyl (C=O) groups is 3. The lowest BCUT2D eigenvalue weighted by Crippen LogP contribution is -2.39. The maximum atomic E-state index is 12.8. The number of pyridine rings is 1. The monoisotopic (exact) mass is 507 g/mol. The lowest BCUT2D eigenvalue weighted by Gasteiger charge is -2.23. The highest BCUT2D eigenvalue weighted by Crippen LogP contribution is 2.54. The van der Waals surface area contributed by atoms with Crippen molar-refractivity contribution in [3.63, 3.8) is 0 Å². The van der Waals surface area contributed by atoms with Crippen LogP contribution in [-0.4, -0.2) is 79.4 Å². The minimum atomic E-state index is -2.27. The Hall–Kier alpha value is -2.79. The lowest BCUT2D eigenvalue weighted by molar-refractivity contribution is -0.165. The molecule has 2 aliphatic rings. The van der Waals surface area contributed by atoms with Crippen LogP contribution >= 0.6 is 11.6 Å². The van der Waals surface area contributed by atoms with Gasteiger partial charge in [0.05, 0.1) is 16.2 Å². The smallest absolute Gasteiger partial charge is 0.335 e. The summed E-state index contributed by atoms with van der Waals surface area (Å²) in [5.74, 6) is -1.12. The highest BCUT2D eigenvalue weighted by molar-refractivity contribution is 6.35. The van der Waals surface area contributed by atoms with Crippen molar-refractivity contribution in [1.82, 2.24) is 9.88 Å². The Morgan fingerprint density at radius 1 is 1.14 bits per heavy atom. The number of hydrogen-bond donors (Lipinski definition) is 5. The van der Waals surface area contributed by atoms with Crippen molar-refractivity contribution in [3.8, 4) is 0 Å². The second kappa shape index (κ2) is 10.9.